The van der Waals surface area contributed by atoms with E-state index in [0.717, 1.165) is 24.0 Å². The average molecular weight is 266 g/mol. The molecule has 0 aromatic heterocycles. The van der Waals surface area contributed by atoms with Gasteiger partial charge in [-0.3, -0.25) is 0 Å². The van der Waals surface area contributed by atoms with E-state index in [9.17, 15) is 13.6 Å². The van der Waals surface area contributed by atoms with Crippen LogP contribution in [0.2, 0.25) is 0 Å². The maximum absolute atomic E-state index is 13.8. The van der Waals surface area contributed by atoms with Crippen molar-refractivity contribution >= 4 is 11.5 Å². The van der Waals surface area contributed by atoms with E-state index in [0.29, 0.717) is 5.57 Å². The molecule has 1 aromatic rings. The van der Waals surface area contributed by atoms with Crippen molar-refractivity contribution < 1.29 is 18.3 Å². The Morgan fingerprint density at radius 1 is 1.37 bits per heavy atom. The Balaban J connectivity index is 2.20. The van der Waals surface area contributed by atoms with Crippen molar-refractivity contribution in [3.05, 3.63) is 41.5 Å². The van der Waals surface area contributed by atoms with Gasteiger partial charge in [0.15, 0.2) is 0 Å². The van der Waals surface area contributed by atoms with Gasteiger partial charge in [0.2, 0.25) is 0 Å². The summed E-state index contributed by atoms with van der Waals surface area (Å²) in [6.45, 7) is 1.48. The number of fused-ring (bicyclic) bond motifs is 1. The Bertz CT molecular complexity index is 507. The molecule has 0 saturated heterocycles. The van der Waals surface area contributed by atoms with Crippen LogP contribution in [-0.2, 0) is 16.0 Å². The average Bonchev–Trinajstić information content (AvgIpc) is 2.39. The summed E-state index contributed by atoms with van der Waals surface area (Å²) in [5.41, 5.74) is 2.40. The number of carbonyl (C=O) groups is 1. The van der Waals surface area contributed by atoms with Gasteiger partial charge < -0.3 is 4.74 Å². The second-order valence-electron chi connectivity index (χ2n) is 4.53. The van der Waals surface area contributed by atoms with Crippen LogP contribution in [0.4, 0.5) is 8.78 Å². The minimum Gasteiger partial charge on any atom is -0.462 e. The van der Waals surface area contributed by atoms with Crippen molar-refractivity contribution in [3.63, 3.8) is 0 Å². The molecule has 2 nitrogen and oxygen atoms in total. The molecule has 2 rings (SSSR count). The van der Waals surface area contributed by atoms with Crippen molar-refractivity contribution in [3.8, 4) is 0 Å². The van der Waals surface area contributed by atoms with Crippen LogP contribution in [0.1, 0.15) is 30.9 Å². The third-order valence-electron chi connectivity index (χ3n) is 3.15. The number of rotatable bonds is 4. The lowest BCUT2D eigenvalue weighted by atomic mass is 9.88. The SMILES string of the molecule is CCOC(=O)C(F)(F)CC1=CCCc2ccccc21. The number of carbonyl (C=O) groups excluding carboxylic acids is 1. The van der Waals surface area contributed by atoms with E-state index >= 15 is 0 Å². The van der Waals surface area contributed by atoms with Crippen LogP contribution in [0.25, 0.3) is 5.57 Å². The summed E-state index contributed by atoms with van der Waals surface area (Å²) in [5, 5.41) is 0. The van der Waals surface area contributed by atoms with Gasteiger partial charge in [0.1, 0.15) is 0 Å². The molecule has 0 aliphatic heterocycles. The van der Waals surface area contributed by atoms with E-state index in [-0.39, 0.29) is 6.61 Å². The Labute approximate surface area is 111 Å². The van der Waals surface area contributed by atoms with Crippen molar-refractivity contribution in [2.75, 3.05) is 6.61 Å². The molecule has 0 heterocycles. The molecule has 1 aliphatic rings. The van der Waals surface area contributed by atoms with E-state index < -0.39 is 18.3 Å². The molecule has 0 fully saturated rings. The van der Waals surface area contributed by atoms with Crippen molar-refractivity contribution in [1.29, 1.82) is 0 Å². The van der Waals surface area contributed by atoms with E-state index in [1.54, 1.807) is 6.08 Å². The van der Waals surface area contributed by atoms with Gasteiger partial charge in [-0.05, 0) is 36.5 Å². The fraction of sp³-hybridized carbons (Fsp3) is 0.400. The lowest BCUT2D eigenvalue weighted by molar-refractivity contribution is -0.170. The maximum Gasteiger partial charge on any atom is 0.377 e. The first-order valence-electron chi connectivity index (χ1n) is 6.37. The molecule has 1 aromatic carbocycles. The Morgan fingerprint density at radius 2 is 2.11 bits per heavy atom. The molecule has 102 valence electrons. The minimum absolute atomic E-state index is 0.0376. The molecular formula is C15H16F2O2. The predicted octanol–water partition coefficient (Wildman–Crippen LogP) is 3.60. The van der Waals surface area contributed by atoms with Gasteiger partial charge >= 0.3 is 11.9 Å². The van der Waals surface area contributed by atoms with Crippen molar-refractivity contribution in [1.82, 2.24) is 0 Å². The number of hydrogen-bond donors (Lipinski definition) is 0. The van der Waals surface area contributed by atoms with Crippen LogP contribution in [0.3, 0.4) is 0 Å². The quantitative estimate of drug-likeness (QED) is 0.778. The molecule has 1 aliphatic carbocycles. The highest BCUT2D eigenvalue weighted by Crippen LogP contribution is 2.35. The smallest absolute Gasteiger partial charge is 0.377 e. The summed E-state index contributed by atoms with van der Waals surface area (Å²) in [4.78, 5) is 11.3. The number of alkyl halides is 2. The fourth-order valence-corrected chi connectivity index (χ4v) is 2.28. The predicted molar refractivity (Wildman–Crippen MR) is 68.9 cm³/mol. The number of ether oxygens (including phenoxy) is 1. The highest BCUT2D eigenvalue weighted by molar-refractivity contribution is 5.82. The number of benzene rings is 1. The highest BCUT2D eigenvalue weighted by atomic mass is 19.3. The molecule has 0 spiro atoms. The first kappa shape index (κ1) is 13.7. The lowest BCUT2D eigenvalue weighted by Crippen LogP contribution is -2.31. The third kappa shape index (κ3) is 3.00. The zero-order valence-corrected chi connectivity index (χ0v) is 10.8. The minimum atomic E-state index is -3.47. The zero-order chi connectivity index (χ0) is 13.9. The molecule has 19 heavy (non-hydrogen) atoms. The van der Waals surface area contributed by atoms with Gasteiger partial charge in [-0.25, -0.2) is 4.79 Å². The molecular weight excluding hydrogens is 250 g/mol. The second kappa shape index (κ2) is 5.51. The van der Waals surface area contributed by atoms with E-state index in [1.165, 1.54) is 6.92 Å². The van der Waals surface area contributed by atoms with Gasteiger partial charge in [0.05, 0.1) is 6.61 Å². The molecule has 0 radical (unpaired) electrons. The standard InChI is InChI=1S/C15H16F2O2/c1-2-19-14(18)15(16,17)10-12-8-5-7-11-6-3-4-9-13(11)12/h3-4,6,8-9H,2,5,7,10H2,1H3. The first-order chi connectivity index (χ1) is 9.04. The van der Waals surface area contributed by atoms with Crippen LogP contribution >= 0.6 is 0 Å². The van der Waals surface area contributed by atoms with Crippen molar-refractivity contribution in [2.45, 2.75) is 32.1 Å². The zero-order valence-electron chi connectivity index (χ0n) is 10.8. The Morgan fingerprint density at radius 3 is 2.84 bits per heavy atom. The van der Waals surface area contributed by atoms with Crippen molar-refractivity contribution in [2.24, 2.45) is 0 Å². The summed E-state index contributed by atoms with van der Waals surface area (Å²) >= 11 is 0. The highest BCUT2D eigenvalue weighted by Gasteiger charge is 2.41. The molecule has 0 saturated carbocycles. The van der Waals surface area contributed by atoms with Crippen LogP contribution in [0, 0.1) is 0 Å². The number of allylic oxidation sites excluding steroid dienone is 2. The Kier molecular flexibility index (Phi) is 3.98. The first-order valence-corrected chi connectivity index (χ1v) is 6.37. The monoisotopic (exact) mass is 266 g/mol. The topological polar surface area (TPSA) is 26.3 Å². The molecule has 0 N–H and O–H groups in total. The molecule has 0 amide bonds. The summed E-state index contributed by atoms with van der Waals surface area (Å²) in [6, 6.07) is 7.47. The maximum atomic E-state index is 13.8. The molecule has 0 unspecified atom stereocenters. The summed E-state index contributed by atoms with van der Waals surface area (Å²) < 4.78 is 32.0. The van der Waals surface area contributed by atoms with Gasteiger partial charge in [-0.1, -0.05) is 30.3 Å². The van der Waals surface area contributed by atoms with Crippen LogP contribution in [0.15, 0.2) is 30.3 Å². The number of hydrogen-bond acceptors (Lipinski definition) is 2. The van der Waals surface area contributed by atoms with Gasteiger partial charge in [-0.15, -0.1) is 0 Å². The molecule has 4 heteroatoms. The number of aryl methyl sites for hydroxylation is 1. The summed E-state index contributed by atoms with van der Waals surface area (Å²) in [5.74, 6) is -4.91. The molecule has 0 bridgehead atoms. The van der Waals surface area contributed by atoms with Crippen LogP contribution < -0.4 is 0 Å². The largest absolute Gasteiger partial charge is 0.462 e. The summed E-state index contributed by atoms with van der Waals surface area (Å²) in [7, 11) is 0. The molecule has 0 atom stereocenters. The van der Waals surface area contributed by atoms with Crippen LogP contribution in [-0.4, -0.2) is 18.5 Å². The second-order valence-corrected chi connectivity index (χ2v) is 4.53. The lowest BCUT2D eigenvalue weighted by Gasteiger charge is -2.21. The van der Waals surface area contributed by atoms with Crippen LogP contribution in [0.5, 0.6) is 0 Å². The van der Waals surface area contributed by atoms with Gasteiger partial charge in [-0.2, -0.15) is 8.78 Å². The van der Waals surface area contributed by atoms with E-state index in [4.69, 9.17) is 0 Å². The third-order valence-corrected chi connectivity index (χ3v) is 3.15. The van der Waals surface area contributed by atoms with Gasteiger partial charge in [0, 0.05) is 6.42 Å². The normalized spacial score (nSPS) is 14.6. The van der Waals surface area contributed by atoms with E-state index in [1.807, 2.05) is 24.3 Å². The number of halogens is 2. The Hall–Kier alpha value is -1.71. The van der Waals surface area contributed by atoms with Gasteiger partial charge in [0.25, 0.3) is 0 Å². The van der Waals surface area contributed by atoms with E-state index in [2.05, 4.69) is 4.74 Å². The fourth-order valence-electron chi connectivity index (χ4n) is 2.28. The summed E-state index contributed by atoms with van der Waals surface area (Å²) in [6.07, 6.45) is 2.77. The number of esters is 1.